The fraction of sp³-hybridized carbons (Fsp3) is 1.00. The minimum Gasteiger partial charge on any atom is -0.380 e. The molecule has 0 saturated carbocycles. The highest BCUT2D eigenvalue weighted by atomic mass is 16.7. The molecule has 2 aliphatic heterocycles. The first-order valence-corrected chi connectivity index (χ1v) is 5.60. The van der Waals surface area contributed by atoms with Crippen LogP contribution >= 0.6 is 0 Å². The van der Waals surface area contributed by atoms with Crippen LogP contribution < -0.4 is 0 Å². The van der Waals surface area contributed by atoms with Crippen LogP contribution in [0.3, 0.4) is 0 Å². The molecule has 2 aliphatic rings. The van der Waals surface area contributed by atoms with Crippen LogP contribution in [0.1, 0.15) is 20.3 Å². The van der Waals surface area contributed by atoms with Crippen molar-refractivity contribution in [3.63, 3.8) is 0 Å². The van der Waals surface area contributed by atoms with Gasteiger partial charge in [0.15, 0.2) is 6.29 Å². The van der Waals surface area contributed by atoms with Crippen molar-refractivity contribution < 1.29 is 18.9 Å². The first-order valence-electron chi connectivity index (χ1n) is 5.60. The molecule has 0 aliphatic carbocycles. The molecule has 88 valence electrons. The summed E-state index contributed by atoms with van der Waals surface area (Å²) in [6.07, 6.45) is 1.08. The van der Waals surface area contributed by atoms with Crippen molar-refractivity contribution in [3.05, 3.63) is 0 Å². The van der Waals surface area contributed by atoms with Gasteiger partial charge in [-0.25, -0.2) is 0 Å². The second kappa shape index (κ2) is 4.78. The maximum absolute atomic E-state index is 5.60. The van der Waals surface area contributed by atoms with Gasteiger partial charge in [0.25, 0.3) is 0 Å². The molecule has 0 radical (unpaired) electrons. The lowest BCUT2D eigenvalue weighted by atomic mass is 9.90. The smallest absolute Gasteiger partial charge is 0.181 e. The van der Waals surface area contributed by atoms with E-state index in [1.807, 2.05) is 0 Å². The molecular weight excluding hydrogens is 196 g/mol. The second-order valence-corrected chi connectivity index (χ2v) is 4.85. The molecule has 0 amide bonds. The van der Waals surface area contributed by atoms with E-state index in [-0.39, 0.29) is 17.8 Å². The molecule has 2 saturated heterocycles. The van der Waals surface area contributed by atoms with Crippen LogP contribution in [-0.4, -0.2) is 45.4 Å². The van der Waals surface area contributed by atoms with Gasteiger partial charge in [-0.3, -0.25) is 0 Å². The van der Waals surface area contributed by atoms with Gasteiger partial charge in [0.05, 0.1) is 39.1 Å². The fourth-order valence-corrected chi connectivity index (χ4v) is 1.75. The zero-order chi connectivity index (χ0) is 10.7. The summed E-state index contributed by atoms with van der Waals surface area (Å²) in [5.41, 5.74) is 0.209. The predicted molar refractivity (Wildman–Crippen MR) is 54.6 cm³/mol. The van der Waals surface area contributed by atoms with Crippen molar-refractivity contribution in [1.29, 1.82) is 0 Å². The van der Waals surface area contributed by atoms with Gasteiger partial charge in [0.1, 0.15) is 0 Å². The summed E-state index contributed by atoms with van der Waals surface area (Å²) in [5.74, 6) is 0. The van der Waals surface area contributed by atoms with E-state index < -0.39 is 0 Å². The number of rotatable bonds is 4. The van der Waals surface area contributed by atoms with Crippen LogP contribution in [0.5, 0.6) is 0 Å². The molecule has 0 N–H and O–H groups in total. The molecule has 2 atom stereocenters. The Labute approximate surface area is 90.8 Å². The zero-order valence-electron chi connectivity index (χ0n) is 9.53. The molecule has 15 heavy (non-hydrogen) atoms. The van der Waals surface area contributed by atoms with Gasteiger partial charge in [0, 0.05) is 5.41 Å². The molecule has 2 rings (SSSR count). The predicted octanol–water partition coefficient (Wildman–Crippen LogP) is 1.19. The number of ether oxygens (including phenoxy) is 4. The van der Waals surface area contributed by atoms with E-state index in [2.05, 4.69) is 13.8 Å². The third-order valence-electron chi connectivity index (χ3n) is 2.82. The maximum Gasteiger partial charge on any atom is 0.181 e. The Bertz CT molecular complexity index is 203. The van der Waals surface area contributed by atoms with Crippen molar-refractivity contribution in [1.82, 2.24) is 0 Å². The summed E-state index contributed by atoms with van der Waals surface area (Å²) in [6, 6.07) is 0. The monoisotopic (exact) mass is 216 g/mol. The normalized spacial score (nSPS) is 34.8. The van der Waals surface area contributed by atoms with E-state index in [9.17, 15) is 0 Å². The topological polar surface area (TPSA) is 36.9 Å². The molecule has 2 unspecified atom stereocenters. The molecule has 0 aromatic rings. The Balaban J connectivity index is 1.60. The molecule has 4 nitrogen and oxygen atoms in total. The largest absolute Gasteiger partial charge is 0.380 e. The maximum atomic E-state index is 5.60. The summed E-state index contributed by atoms with van der Waals surface area (Å²) in [4.78, 5) is 0. The van der Waals surface area contributed by atoms with Crippen LogP contribution in [0.4, 0.5) is 0 Å². The summed E-state index contributed by atoms with van der Waals surface area (Å²) in [6.45, 7) is 7.87. The quantitative estimate of drug-likeness (QED) is 0.707. The Morgan fingerprint density at radius 3 is 2.80 bits per heavy atom. The van der Waals surface area contributed by atoms with Crippen molar-refractivity contribution >= 4 is 0 Å². The Morgan fingerprint density at radius 1 is 1.40 bits per heavy atom. The lowest BCUT2D eigenvalue weighted by Gasteiger charge is -2.38. The lowest BCUT2D eigenvalue weighted by Crippen LogP contribution is -2.44. The van der Waals surface area contributed by atoms with Gasteiger partial charge in [-0.2, -0.15) is 0 Å². The SMILES string of the molecule is CC1CCOC(COCC2(C)COC2)O1. The number of hydrogen-bond acceptors (Lipinski definition) is 4. The molecule has 0 aromatic carbocycles. The van der Waals surface area contributed by atoms with Crippen LogP contribution in [0.25, 0.3) is 0 Å². The van der Waals surface area contributed by atoms with E-state index in [1.165, 1.54) is 0 Å². The average molecular weight is 216 g/mol. The Morgan fingerprint density at radius 2 is 2.20 bits per heavy atom. The third-order valence-corrected chi connectivity index (χ3v) is 2.82. The molecule has 0 bridgehead atoms. The fourth-order valence-electron chi connectivity index (χ4n) is 1.75. The summed E-state index contributed by atoms with van der Waals surface area (Å²) < 4.78 is 21.8. The summed E-state index contributed by atoms with van der Waals surface area (Å²) in [5, 5.41) is 0. The molecule has 0 spiro atoms. The van der Waals surface area contributed by atoms with Crippen molar-refractivity contribution in [2.75, 3.05) is 33.0 Å². The van der Waals surface area contributed by atoms with E-state index >= 15 is 0 Å². The van der Waals surface area contributed by atoms with Gasteiger partial charge in [-0.05, 0) is 13.3 Å². The van der Waals surface area contributed by atoms with Crippen molar-refractivity contribution in [3.8, 4) is 0 Å². The standard InChI is InChI=1S/C11H20O4/c1-9-3-4-14-10(15-9)5-12-6-11(2)7-13-8-11/h9-10H,3-8H2,1-2H3. The van der Waals surface area contributed by atoms with Gasteiger partial charge >= 0.3 is 0 Å². The Kier molecular flexibility index (Phi) is 3.61. The van der Waals surface area contributed by atoms with Gasteiger partial charge in [-0.1, -0.05) is 6.92 Å². The first-order chi connectivity index (χ1) is 7.18. The van der Waals surface area contributed by atoms with Crippen molar-refractivity contribution in [2.24, 2.45) is 5.41 Å². The van der Waals surface area contributed by atoms with Gasteiger partial charge < -0.3 is 18.9 Å². The Hall–Kier alpha value is -0.160. The third kappa shape index (κ3) is 3.14. The highest BCUT2D eigenvalue weighted by Gasteiger charge is 2.34. The molecule has 4 heteroatoms. The first kappa shape index (κ1) is 11.3. The zero-order valence-corrected chi connectivity index (χ0v) is 9.53. The summed E-state index contributed by atoms with van der Waals surface area (Å²) >= 11 is 0. The summed E-state index contributed by atoms with van der Waals surface area (Å²) in [7, 11) is 0. The second-order valence-electron chi connectivity index (χ2n) is 4.85. The van der Waals surface area contributed by atoms with E-state index in [0.29, 0.717) is 6.61 Å². The van der Waals surface area contributed by atoms with Gasteiger partial charge in [0.2, 0.25) is 0 Å². The van der Waals surface area contributed by atoms with E-state index in [0.717, 1.165) is 32.8 Å². The molecular formula is C11H20O4. The van der Waals surface area contributed by atoms with Gasteiger partial charge in [-0.15, -0.1) is 0 Å². The highest BCUT2D eigenvalue weighted by Crippen LogP contribution is 2.26. The minimum atomic E-state index is -0.182. The molecule has 2 fully saturated rings. The van der Waals surface area contributed by atoms with E-state index in [4.69, 9.17) is 18.9 Å². The molecule has 0 aromatic heterocycles. The van der Waals surface area contributed by atoms with E-state index in [1.54, 1.807) is 0 Å². The van der Waals surface area contributed by atoms with Crippen LogP contribution in [-0.2, 0) is 18.9 Å². The lowest BCUT2D eigenvalue weighted by molar-refractivity contribution is -0.236. The number of hydrogen-bond donors (Lipinski definition) is 0. The average Bonchev–Trinajstić information content (AvgIpc) is 2.15. The van der Waals surface area contributed by atoms with Crippen LogP contribution in [0.2, 0.25) is 0 Å². The van der Waals surface area contributed by atoms with Crippen LogP contribution in [0, 0.1) is 5.41 Å². The minimum absolute atomic E-state index is 0.182. The van der Waals surface area contributed by atoms with Crippen molar-refractivity contribution in [2.45, 2.75) is 32.7 Å². The highest BCUT2D eigenvalue weighted by molar-refractivity contribution is 4.80. The van der Waals surface area contributed by atoms with Crippen LogP contribution in [0.15, 0.2) is 0 Å². The molecule has 2 heterocycles.